The third kappa shape index (κ3) is 4.76. The molecular weight excluding hydrogens is 459 g/mol. The summed E-state index contributed by atoms with van der Waals surface area (Å²) < 4.78 is 39.7. The van der Waals surface area contributed by atoms with E-state index in [0.29, 0.717) is 18.0 Å². The van der Waals surface area contributed by atoms with Crippen molar-refractivity contribution < 1.29 is 18.0 Å². The number of hydrogen-bond acceptors (Lipinski definition) is 5. The van der Waals surface area contributed by atoms with Crippen LogP contribution in [-0.2, 0) is 6.18 Å². The van der Waals surface area contributed by atoms with Gasteiger partial charge < -0.3 is 5.32 Å². The molecule has 0 atom stereocenters. The highest BCUT2D eigenvalue weighted by molar-refractivity contribution is 9.10. The highest BCUT2D eigenvalue weighted by Crippen LogP contribution is 2.37. The number of aromatic nitrogens is 2. The van der Waals surface area contributed by atoms with Crippen LogP contribution in [0.2, 0.25) is 0 Å². The normalized spacial score (nSPS) is 14.7. The van der Waals surface area contributed by atoms with Crippen LogP contribution in [0.15, 0.2) is 33.3 Å². The van der Waals surface area contributed by atoms with Crippen LogP contribution in [-0.4, -0.2) is 34.9 Å². The minimum Gasteiger partial charge on any atom is -0.338 e. The number of thiazole rings is 1. The van der Waals surface area contributed by atoms with E-state index < -0.39 is 17.9 Å². The summed E-state index contributed by atoms with van der Waals surface area (Å²) in [6, 6.07) is 1.40. The summed E-state index contributed by atoms with van der Waals surface area (Å²) in [4.78, 5) is 24.0. The second kappa shape index (κ2) is 8.39. The Labute approximate surface area is 171 Å². The number of pyridine rings is 1. The molecule has 2 amide bonds. The first-order valence-corrected chi connectivity index (χ1v) is 9.89. The number of halogens is 4. The number of carbonyl (C=O) groups excluding carboxylic acids is 1. The fourth-order valence-electron chi connectivity index (χ4n) is 2.61. The van der Waals surface area contributed by atoms with Gasteiger partial charge in [0, 0.05) is 40.8 Å². The van der Waals surface area contributed by atoms with Crippen molar-refractivity contribution in [1.29, 1.82) is 0 Å². The van der Waals surface area contributed by atoms with Crippen LogP contribution in [0.3, 0.4) is 0 Å². The molecule has 2 aromatic rings. The summed E-state index contributed by atoms with van der Waals surface area (Å²) in [5, 5.41) is 6.46. The number of nitrogens with one attached hydrogen (secondary N) is 2. The summed E-state index contributed by atoms with van der Waals surface area (Å²) in [5.41, 5.74) is 1.10. The Kier molecular flexibility index (Phi) is 6.14. The topological polar surface area (TPSA) is 79.3 Å². The Morgan fingerprint density at radius 1 is 1.32 bits per heavy atom. The molecule has 0 saturated heterocycles. The zero-order valence-corrected chi connectivity index (χ0v) is 17.0. The van der Waals surface area contributed by atoms with Crippen LogP contribution in [0.4, 0.5) is 18.0 Å². The lowest BCUT2D eigenvalue weighted by Crippen LogP contribution is -2.40. The van der Waals surface area contributed by atoms with Crippen molar-refractivity contribution in [1.82, 2.24) is 20.6 Å². The molecule has 3 heterocycles. The van der Waals surface area contributed by atoms with Gasteiger partial charge in [0.25, 0.3) is 0 Å². The van der Waals surface area contributed by atoms with E-state index in [1.165, 1.54) is 0 Å². The molecule has 0 bridgehead atoms. The number of dihydropyridines is 1. The first-order valence-electron chi connectivity index (χ1n) is 8.22. The van der Waals surface area contributed by atoms with E-state index in [-0.39, 0.29) is 18.0 Å². The number of rotatable bonds is 3. The van der Waals surface area contributed by atoms with Crippen molar-refractivity contribution in [2.24, 2.45) is 4.99 Å². The minimum absolute atomic E-state index is 0.157. The molecule has 0 fully saturated rings. The molecule has 28 heavy (non-hydrogen) atoms. The number of alkyl halides is 3. The highest BCUT2D eigenvalue weighted by atomic mass is 79.9. The molecule has 0 aliphatic carbocycles. The Bertz CT molecular complexity index is 954. The van der Waals surface area contributed by atoms with E-state index in [1.807, 2.05) is 6.07 Å². The largest absolute Gasteiger partial charge is 0.434 e. The summed E-state index contributed by atoms with van der Waals surface area (Å²) in [6.45, 7) is 2.41. The van der Waals surface area contributed by atoms with E-state index in [1.54, 1.807) is 19.3 Å². The van der Waals surface area contributed by atoms with Gasteiger partial charge in [-0.1, -0.05) is 0 Å². The van der Waals surface area contributed by atoms with Crippen LogP contribution in [0.25, 0.3) is 11.1 Å². The number of amidine groups is 1. The van der Waals surface area contributed by atoms with Crippen molar-refractivity contribution in [2.45, 2.75) is 19.5 Å². The van der Waals surface area contributed by atoms with Crippen LogP contribution in [0.1, 0.15) is 29.6 Å². The SMILES string of the molecule is CCNC(=O)NC1=NCC(c2cncc(Br)c2)=C(c2nc(C(F)(F)F)cs2)C1. The first kappa shape index (κ1) is 20.5. The van der Waals surface area contributed by atoms with Crippen molar-refractivity contribution in [3.8, 4) is 0 Å². The maximum absolute atomic E-state index is 13.0. The zero-order chi connectivity index (χ0) is 20.3. The van der Waals surface area contributed by atoms with Crippen molar-refractivity contribution in [3.05, 3.63) is 44.6 Å². The summed E-state index contributed by atoms with van der Waals surface area (Å²) in [7, 11) is 0. The van der Waals surface area contributed by atoms with Crippen LogP contribution >= 0.6 is 27.3 Å². The number of hydrogen-bond donors (Lipinski definition) is 2. The zero-order valence-electron chi connectivity index (χ0n) is 14.6. The minimum atomic E-state index is -4.52. The van der Waals surface area contributed by atoms with Gasteiger partial charge in [-0.05, 0) is 40.1 Å². The summed E-state index contributed by atoms with van der Waals surface area (Å²) >= 11 is 4.26. The second-order valence-corrected chi connectivity index (χ2v) is 7.58. The maximum atomic E-state index is 13.0. The molecule has 0 spiro atoms. The van der Waals surface area contributed by atoms with Crippen molar-refractivity contribution in [2.75, 3.05) is 13.1 Å². The standard InChI is InChI=1S/C17H15BrF3N5OS/c1-2-23-16(27)26-14-4-11(15-25-13(8-28-15)17(19,20)21)12(7-24-14)9-3-10(18)6-22-5-9/h3,5-6,8H,2,4,7H2,1H3,(H2,23,24,26,27). The Balaban J connectivity index is 1.99. The summed E-state index contributed by atoms with van der Waals surface area (Å²) in [5.74, 6) is 0.372. The van der Waals surface area contributed by atoms with E-state index in [2.05, 4.69) is 41.5 Å². The molecule has 11 heteroatoms. The molecule has 2 aromatic heterocycles. The van der Waals surface area contributed by atoms with Gasteiger partial charge in [-0.2, -0.15) is 13.2 Å². The molecule has 6 nitrogen and oxygen atoms in total. The van der Waals surface area contributed by atoms with Crippen LogP contribution < -0.4 is 10.6 Å². The van der Waals surface area contributed by atoms with Crippen molar-refractivity contribution >= 4 is 50.3 Å². The molecule has 0 saturated carbocycles. The van der Waals surface area contributed by atoms with Gasteiger partial charge in [0.1, 0.15) is 10.8 Å². The lowest BCUT2D eigenvalue weighted by atomic mass is 9.96. The highest BCUT2D eigenvalue weighted by Gasteiger charge is 2.34. The lowest BCUT2D eigenvalue weighted by molar-refractivity contribution is -0.140. The van der Waals surface area contributed by atoms with Gasteiger partial charge in [-0.15, -0.1) is 11.3 Å². The number of urea groups is 1. The number of aliphatic imine (C=N–C) groups is 1. The monoisotopic (exact) mass is 473 g/mol. The molecular formula is C17H15BrF3N5OS. The van der Waals surface area contributed by atoms with Crippen LogP contribution in [0.5, 0.6) is 0 Å². The van der Waals surface area contributed by atoms with Gasteiger partial charge in [0.2, 0.25) is 0 Å². The average molecular weight is 474 g/mol. The smallest absolute Gasteiger partial charge is 0.338 e. The third-order valence-corrected chi connectivity index (χ3v) is 5.17. The molecule has 148 valence electrons. The maximum Gasteiger partial charge on any atom is 0.434 e. The van der Waals surface area contributed by atoms with Crippen molar-refractivity contribution in [3.63, 3.8) is 0 Å². The van der Waals surface area contributed by atoms with E-state index in [4.69, 9.17) is 0 Å². The number of amides is 2. The van der Waals surface area contributed by atoms with Gasteiger partial charge in [0.15, 0.2) is 5.69 Å². The number of carbonyl (C=O) groups is 1. The van der Waals surface area contributed by atoms with E-state index >= 15 is 0 Å². The predicted molar refractivity (Wildman–Crippen MR) is 105 cm³/mol. The van der Waals surface area contributed by atoms with E-state index in [0.717, 1.165) is 32.3 Å². The molecule has 2 N–H and O–H groups in total. The summed E-state index contributed by atoms with van der Waals surface area (Å²) in [6.07, 6.45) is -1.12. The molecule has 0 radical (unpaired) electrons. The van der Waals surface area contributed by atoms with Crippen LogP contribution in [0, 0.1) is 0 Å². The Morgan fingerprint density at radius 3 is 2.75 bits per heavy atom. The fourth-order valence-corrected chi connectivity index (χ4v) is 3.87. The van der Waals surface area contributed by atoms with Gasteiger partial charge in [-0.25, -0.2) is 9.78 Å². The number of nitrogens with zero attached hydrogens (tertiary/aromatic N) is 3. The third-order valence-electron chi connectivity index (χ3n) is 3.84. The molecule has 0 unspecified atom stereocenters. The Hall–Kier alpha value is -2.27. The Morgan fingerprint density at radius 2 is 2.11 bits per heavy atom. The predicted octanol–water partition coefficient (Wildman–Crippen LogP) is 4.35. The second-order valence-electron chi connectivity index (χ2n) is 5.81. The van der Waals surface area contributed by atoms with Gasteiger partial charge in [-0.3, -0.25) is 15.3 Å². The van der Waals surface area contributed by atoms with Gasteiger partial charge in [0.05, 0.1) is 6.54 Å². The molecule has 3 rings (SSSR count). The quantitative estimate of drug-likeness (QED) is 0.695. The molecule has 0 aromatic carbocycles. The van der Waals surface area contributed by atoms with E-state index in [9.17, 15) is 18.0 Å². The molecule has 1 aliphatic heterocycles. The lowest BCUT2D eigenvalue weighted by Gasteiger charge is -2.20. The first-order chi connectivity index (χ1) is 13.3. The fraction of sp³-hybridized carbons (Fsp3) is 0.294. The average Bonchev–Trinajstić information content (AvgIpc) is 3.12. The molecule has 1 aliphatic rings. The van der Waals surface area contributed by atoms with Gasteiger partial charge >= 0.3 is 12.2 Å².